The Hall–Kier alpha value is -0.340. The smallest absolute Gasteiger partial charge is 0.0233 e. The first-order valence-electron chi connectivity index (χ1n) is 8.14. The Balaban J connectivity index is 2.38. The molecule has 2 rings (SSSR count). The van der Waals surface area contributed by atoms with Gasteiger partial charge in [-0.05, 0) is 38.5 Å². The number of hydrogen-bond donors (Lipinski definition) is 1. The first-order chi connectivity index (χ1) is 9.00. The summed E-state index contributed by atoms with van der Waals surface area (Å²) in [5, 5.41) is 0. The summed E-state index contributed by atoms with van der Waals surface area (Å²) in [5.74, 6) is 0.560. The first-order valence-corrected chi connectivity index (χ1v) is 8.14. The van der Waals surface area contributed by atoms with Gasteiger partial charge in [0.05, 0.1) is 0 Å². The fourth-order valence-corrected chi connectivity index (χ4v) is 4.70. The number of nitrogens with two attached hydrogens (primary N) is 1. The fraction of sp³-hybridized carbons (Fsp3) is 0.882. The Morgan fingerprint density at radius 1 is 1.32 bits per heavy atom. The van der Waals surface area contributed by atoms with Crippen LogP contribution in [0.25, 0.3) is 0 Å². The number of hydrogen-bond acceptors (Lipinski definition) is 2. The van der Waals surface area contributed by atoms with Gasteiger partial charge < -0.3 is 5.73 Å². The standard InChI is InChI=1S/C17H32N2/c1-5-12-19-16(4,6-2)14(3)15(18)13-17(19)10-8-7-9-11-17/h5,14-15H,1,6-13,18H2,2-4H3. The fourth-order valence-electron chi connectivity index (χ4n) is 4.70. The van der Waals surface area contributed by atoms with Gasteiger partial charge in [0.2, 0.25) is 0 Å². The molecule has 1 heterocycles. The zero-order valence-corrected chi connectivity index (χ0v) is 13.1. The van der Waals surface area contributed by atoms with Crippen molar-refractivity contribution in [2.45, 2.75) is 82.8 Å². The molecule has 1 saturated carbocycles. The Bertz CT molecular complexity index is 319. The minimum absolute atomic E-state index is 0.225. The van der Waals surface area contributed by atoms with E-state index in [9.17, 15) is 0 Å². The van der Waals surface area contributed by atoms with E-state index in [0.717, 1.165) is 6.54 Å². The van der Waals surface area contributed by atoms with Crippen molar-refractivity contribution in [1.29, 1.82) is 0 Å². The summed E-state index contributed by atoms with van der Waals surface area (Å²) in [5.41, 5.74) is 7.12. The lowest BCUT2D eigenvalue weighted by atomic mass is 9.63. The summed E-state index contributed by atoms with van der Waals surface area (Å²) in [4.78, 5) is 2.78. The van der Waals surface area contributed by atoms with Crippen LogP contribution in [0.1, 0.15) is 65.7 Å². The molecule has 2 nitrogen and oxygen atoms in total. The third kappa shape index (κ3) is 2.38. The molecule has 1 aliphatic heterocycles. The van der Waals surface area contributed by atoms with Crippen LogP contribution >= 0.6 is 0 Å². The van der Waals surface area contributed by atoms with Crippen LogP contribution < -0.4 is 5.73 Å². The molecule has 1 saturated heterocycles. The molecule has 0 bridgehead atoms. The monoisotopic (exact) mass is 264 g/mol. The van der Waals surface area contributed by atoms with Crippen LogP contribution in [0.5, 0.6) is 0 Å². The lowest BCUT2D eigenvalue weighted by Gasteiger charge is -2.62. The van der Waals surface area contributed by atoms with Crippen LogP contribution in [0.15, 0.2) is 12.7 Å². The summed E-state index contributed by atoms with van der Waals surface area (Å²) in [6.45, 7) is 12.1. The number of likely N-dealkylation sites (tertiary alicyclic amines) is 1. The molecular formula is C17H32N2. The maximum Gasteiger partial charge on any atom is 0.0233 e. The third-order valence-electron chi connectivity index (χ3n) is 6.24. The molecule has 0 aromatic heterocycles. The molecule has 1 spiro atoms. The first kappa shape index (κ1) is 15.1. The van der Waals surface area contributed by atoms with Crippen LogP contribution in [0.4, 0.5) is 0 Å². The van der Waals surface area contributed by atoms with E-state index in [0.29, 0.717) is 17.5 Å². The summed E-state index contributed by atoms with van der Waals surface area (Å²) in [6.07, 6.45) is 11.2. The van der Waals surface area contributed by atoms with Gasteiger partial charge in [-0.15, -0.1) is 6.58 Å². The van der Waals surface area contributed by atoms with Gasteiger partial charge in [0.25, 0.3) is 0 Å². The largest absolute Gasteiger partial charge is 0.327 e. The van der Waals surface area contributed by atoms with Crippen LogP contribution in [0.2, 0.25) is 0 Å². The molecule has 2 aliphatic rings. The van der Waals surface area contributed by atoms with Crippen molar-refractivity contribution < 1.29 is 0 Å². The molecule has 3 atom stereocenters. The van der Waals surface area contributed by atoms with E-state index in [1.165, 1.54) is 44.9 Å². The molecule has 0 amide bonds. The summed E-state index contributed by atoms with van der Waals surface area (Å²) in [7, 11) is 0. The average Bonchev–Trinajstić information content (AvgIpc) is 2.42. The Morgan fingerprint density at radius 2 is 1.95 bits per heavy atom. The van der Waals surface area contributed by atoms with Crippen LogP contribution in [-0.2, 0) is 0 Å². The van der Waals surface area contributed by atoms with E-state index < -0.39 is 0 Å². The third-order valence-corrected chi connectivity index (χ3v) is 6.24. The summed E-state index contributed by atoms with van der Waals surface area (Å²) >= 11 is 0. The summed E-state index contributed by atoms with van der Waals surface area (Å²) in [6, 6.07) is 0.351. The maximum absolute atomic E-state index is 6.54. The van der Waals surface area contributed by atoms with Gasteiger partial charge in [0, 0.05) is 23.7 Å². The minimum atomic E-state index is 0.225. The van der Waals surface area contributed by atoms with Crippen LogP contribution in [-0.4, -0.2) is 28.6 Å². The highest BCUT2D eigenvalue weighted by Crippen LogP contribution is 2.49. The zero-order valence-electron chi connectivity index (χ0n) is 13.1. The Labute approximate surface area is 119 Å². The SMILES string of the molecule is C=CCN1C2(CCCCC2)CC(N)C(C)C1(C)CC. The lowest BCUT2D eigenvalue weighted by Crippen LogP contribution is -2.70. The topological polar surface area (TPSA) is 29.3 Å². The van der Waals surface area contributed by atoms with E-state index in [2.05, 4.69) is 38.3 Å². The molecule has 0 aromatic rings. The average molecular weight is 264 g/mol. The highest BCUT2D eigenvalue weighted by atomic mass is 15.3. The molecule has 0 aromatic carbocycles. The second kappa shape index (κ2) is 5.57. The van der Waals surface area contributed by atoms with Crippen LogP contribution in [0, 0.1) is 5.92 Å². The molecule has 3 unspecified atom stereocenters. The van der Waals surface area contributed by atoms with Gasteiger partial charge in [0.15, 0.2) is 0 Å². The number of piperidine rings is 1. The zero-order chi connectivity index (χ0) is 14.1. The second-order valence-corrected chi connectivity index (χ2v) is 7.05. The summed E-state index contributed by atoms with van der Waals surface area (Å²) < 4.78 is 0. The molecule has 110 valence electrons. The van der Waals surface area contributed by atoms with Crippen molar-refractivity contribution >= 4 is 0 Å². The van der Waals surface area contributed by atoms with Crippen LogP contribution in [0.3, 0.4) is 0 Å². The van der Waals surface area contributed by atoms with Gasteiger partial charge in [-0.3, -0.25) is 4.90 Å². The highest BCUT2D eigenvalue weighted by molar-refractivity contribution is 5.11. The predicted octanol–water partition coefficient (Wildman–Crippen LogP) is 3.71. The molecular weight excluding hydrogens is 232 g/mol. The number of nitrogens with zero attached hydrogens (tertiary/aromatic N) is 1. The van der Waals surface area contributed by atoms with Crippen molar-refractivity contribution in [3.05, 3.63) is 12.7 Å². The van der Waals surface area contributed by atoms with Gasteiger partial charge >= 0.3 is 0 Å². The van der Waals surface area contributed by atoms with Crippen molar-refractivity contribution in [2.75, 3.05) is 6.54 Å². The van der Waals surface area contributed by atoms with E-state index in [1.54, 1.807) is 0 Å². The molecule has 2 fully saturated rings. The van der Waals surface area contributed by atoms with Crippen molar-refractivity contribution in [1.82, 2.24) is 4.90 Å². The maximum atomic E-state index is 6.54. The van der Waals surface area contributed by atoms with Gasteiger partial charge in [-0.2, -0.15) is 0 Å². The molecule has 2 heteroatoms. The Morgan fingerprint density at radius 3 is 2.47 bits per heavy atom. The molecule has 19 heavy (non-hydrogen) atoms. The van der Waals surface area contributed by atoms with Gasteiger partial charge in [-0.25, -0.2) is 0 Å². The van der Waals surface area contributed by atoms with Gasteiger partial charge in [-0.1, -0.05) is 39.2 Å². The van der Waals surface area contributed by atoms with E-state index in [1.807, 2.05) is 0 Å². The van der Waals surface area contributed by atoms with Crippen molar-refractivity contribution in [3.8, 4) is 0 Å². The molecule has 0 radical (unpaired) electrons. The van der Waals surface area contributed by atoms with E-state index >= 15 is 0 Å². The minimum Gasteiger partial charge on any atom is -0.327 e. The quantitative estimate of drug-likeness (QED) is 0.787. The van der Waals surface area contributed by atoms with Crippen molar-refractivity contribution in [2.24, 2.45) is 11.7 Å². The normalized spacial score (nSPS) is 39.4. The van der Waals surface area contributed by atoms with E-state index in [4.69, 9.17) is 5.73 Å². The highest BCUT2D eigenvalue weighted by Gasteiger charge is 2.53. The lowest BCUT2D eigenvalue weighted by molar-refractivity contribution is -0.105. The van der Waals surface area contributed by atoms with E-state index in [-0.39, 0.29) is 5.54 Å². The predicted molar refractivity (Wildman–Crippen MR) is 83.2 cm³/mol. The van der Waals surface area contributed by atoms with Crippen molar-refractivity contribution in [3.63, 3.8) is 0 Å². The van der Waals surface area contributed by atoms with Gasteiger partial charge in [0.1, 0.15) is 0 Å². The number of rotatable bonds is 3. The second-order valence-electron chi connectivity index (χ2n) is 7.05. The molecule has 1 aliphatic carbocycles. The Kier molecular flexibility index (Phi) is 4.42. The molecule has 2 N–H and O–H groups in total.